The fourth-order valence-corrected chi connectivity index (χ4v) is 47.5. The van der Waals surface area contributed by atoms with Crippen molar-refractivity contribution in [3.8, 4) is 0 Å². The minimum absolute atomic E-state index is 0.226. The SMILES string of the molecule is CC(C)(C)S12SS1(C(C)(C)C)S2. The topological polar surface area (TPSA) is 0 Å². The van der Waals surface area contributed by atoms with Crippen LogP contribution in [-0.4, -0.2) is 9.49 Å². The molecule has 0 amide bonds. The molecule has 0 bridgehead atoms. The molecule has 0 aliphatic carbocycles. The van der Waals surface area contributed by atoms with Crippen LogP contribution < -0.4 is 0 Å². The van der Waals surface area contributed by atoms with Crippen molar-refractivity contribution in [2.24, 2.45) is 0 Å². The van der Waals surface area contributed by atoms with Crippen LogP contribution in [0.1, 0.15) is 41.5 Å². The minimum atomic E-state index is -0.226. The van der Waals surface area contributed by atoms with Gasteiger partial charge in [-0.1, -0.05) is 55.8 Å². The molecular weight excluding hydrogens is 224 g/mol. The van der Waals surface area contributed by atoms with E-state index >= 15 is 0 Å². The Hall–Kier alpha value is 1.40. The van der Waals surface area contributed by atoms with E-state index in [-0.39, 0.29) is 14.2 Å². The van der Waals surface area contributed by atoms with Gasteiger partial charge >= 0.3 is 0 Å². The maximum absolute atomic E-state index is 2.43. The van der Waals surface area contributed by atoms with Crippen LogP contribution >= 0.6 is 33.9 Å². The molecule has 0 aromatic heterocycles. The minimum Gasteiger partial charge on any atom is -0.0669 e. The maximum Gasteiger partial charge on any atom is 0.0194 e. The first kappa shape index (κ1) is 9.94. The molecule has 0 radical (unpaired) electrons. The van der Waals surface area contributed by atoms with Gasteiger partial charge in [-0.05, 0) is 19.7 Å². The molecule has 2 heterocycles. The van der Waals surface area contributed by atoms with Crippen LogP contribution in [0.15, 0.2) is 0 Å². The smallest absolute Gasteiger partial charge is 0.0194 e. The molecule has 74 valence electrons. The summed E-state index contributed by atoms with van der Waals surface area (Å²) >= 11 is 0. The van der Waals surface area contributed by atoms with Gasteiger partial charge in [-0.2, -0.15) is 0 Å². The molecule has 2 aliphatic rings. The lowest BCUT2D eigenvalue weighted by Crippen LogP contribution is -2.11. The Balaban J connectivity index is 2.21. The normalized spacial score (nSPS) is 56.2. The fourth-order valence-electron chi connectivity index (χ4n) is 1.28. The highest BCUT2D eigenvalue weighted by atomic mass is 34.7. The van der Waals surface area contributed by atoms with Gasteiger partial charge in [-0.15, -0.1) is 0 Å². The monoisotopic (exact) mass is 242 g/mol. The first-order valence-electron chi connectivity index (χ1n) is 4.24. The van der Waals surface area contributed by atoms with Crippen LogP contribution in [0.2, 0.25) is 0 Å². The fraction of sp³-hybridized carbons (Fsp3) is 1.00. The molecule has 4 heteroatoms. The average molecular weight is 242 g/mol. The molecule has 0 atom stereocenters. The van der Waals surface area contributed by atoms with Crippen molar-refractivity contribution in [1.29, 1.82) is 0 Å². The Labute approximate surface area is 84.6 Å². The van der Waals surface area contributed by atoms with Gasteiger partial charge in [0, 0.05) is 9.49 Å². The van der Waals surface area contributed by atoms with E-state index in [2.05, 4.69) is 61.2 Å². The Bertz CT molecular complexity index is 202. The highest BCUT2D eigenvalue weighted by Gasteiger charge is 2.87. The molecule has 2 rings (SSSR count). The second-order valence-electron chi connectivity index (χ2n) is 5.27. The van der Waals surface area contributed by atoms with E-state index < -0.39 is 0 Å². The Kier molecular flexibility index (Phi) is 1.78. The third-order valence-corrected chi connectivity index (χ3v) is 38.4. The second kappa shape index (κ2) is 2.15. The van der Waals surface area contributed by atoms with Crippen LogP contribution in [0.5, 0.6) is 0 Å². The number of rotatable bonds is 0. The lowest BCUT2D eigenvalue weighted by atomic mass is 10.3. The summed E-state index contributed by atoms with van der Waals surface area (Å²) in [6, 6.07) is 0. The summed E-state index contributed by atoms with van der Waals surface area (Å²) in [4.78, 5) is 0. The van der Waals surface area contributed by atoms with Gasteiger partial charge in [0.25, 0.3) is 0 Å². The maximum atomic E-state index is 2.43. The molecule has 0 aromatic carbocycles. The Morgan fingerprint density at radius 1 is 0.667 bits per heavy atom. The summed E-state index contributed by atoms with van der Waals surface area (Å²) in [5.74, 6) is 0. The summed E-state index contributed by atoms with van der Waals surface area (Å²) < 4.78 is 1.18. The Morgan fingerprint density at radius 2 is 0.917 bits per heavy atom. The molecular formula is C8H18S4. The van der Waals surface area contributed by atoms with Crippen molar-refractivity contribution >= 4 is 33.9 Å². The number of fused-ring (bicyclic) bond motifs is 1. The van der Waals surface area contributed by atoms with Crippen molar-refractivity contribution in [1.82, 2.24) is 0 Å². The van der Waals surface area contributed by atoms with Gasteiger partial charge < -0.3 is 0 Å². The van der Waals surface area contributed by atoms with Crippen molar-refractivity contribution in [3.63, 3.8) is 0 Å². The quantitative estimate of drug-likeness (QED) is 0.420. The van der Waals surface area contributed by atoms with Crippen molar-refractivity contribution in [3.05, 3.63) is 0 Å². The third kappa shape index (κ3) is 0.931. The molecule has 2 aliphatic heterocycles. The van der Waals surface area contributed by atoms with E-state index in [9.17, 15) is 0 Å². The molecule has 12 heavy (non-hydrogen) atoms. The Morgan fingerprint density at radius 3 is 1.00 bits per heavy atom. The third-order valence-electron chi connectivity index (χ3n) is 2.12. The first-order valence-corrected chi connectivity index (χ1v) is 11.7. The molecule has 0 nitrogen and oxygen atoms in total. The summed E-state index contributed by atoms with van der Waals surface area (Å²) in [6.45, 7) is 14.6. The van der Waals surface area contributed by atoms with Crippen molar-refractivity contribution in [2.45, 2.75) is 51.0 Å². The molecule has 2 fully saturated rings. The van der Waals surface area contributed by atoms with Gasteiger partial charge in [0.2, 0.25) is 0 Å². The largest absolute Gasteiger partial charge is 0.0669 e. The predicted molar refractivity (Wildman–Crippen MR) is 69.9 cm³/mol. The molecule has 0 spiro atoms. The zero-order chi connectivity index (χ0) is 9.41. The number of hydrogen-bond acceptors (Lipinski definition) is 2. The van der Waals surface area contributed by atoms with E-state index in [0.29, 0.717) is 9.49 Å². The van der Waals surface area contributed by atoms with Gasteiger partial charge in [0.1, 0.15) is 0 Å². The van der Waals surface area contributed by atoms with Crippen LogP contribution in [0.4, 0.5) is 0 Å². The second-order valence-corrected chi connectivity index (χ2v) is 25.9. The molecule has 2 saturated heterocycles. The van der Waals surface area contributed by atoms with E-state index in [4.69, 9.17) is 0 Å². The summed E-state index contributed by atoms with van der Waals surface area (Å²) in [5.41, 5.74) is 0. The van der Waals surface area contributed by atoms with Crippen LogP contribution in [0.3, 0.4) is 0 Å². The molecule has 0 aromatic rings. The predicted octanol–water partition coefficient (Wildman–Crippen LogP) is 5.26. The summed E-state index contributed by atoms with van der Waals surface area (Å²) in [5, 5.41) is 0. The lowest BCUT2D eigenvalue weighted by Gasteiger charge is -2.22. The first-order chi connectivity index (χ1) is 5.16. The highest BCUT2D eigenvalue weighted by Crippen LogP contribution is 3.45. The summed E-state index contributed by atoms with van der Waals surface area (Å²) in [6.07, 6.45) is 0. The number of hydrogen-bond donors (Lipinski definition) is 0. The standard InChI is InChI=1S/C8H18S4/c1-7(2,3)11-9-12(11,10-11)8(4,5)6/h1-6H3. The van der Waals surface area contributed by atoms with Gasteiger partial charge in [0.15, 0.2) is 0 Å². The van der Waals surface area contributed by atoms with Crippen LogP contribution in [-0.2, 0) is 0 Å². The van der Waals surface area contributed by atoms with Gasteiger partial charge in [-0.25, -0.2) is 0 Å². The average Bonchev–Trinajstić information content (AvgIpc) is 2.30. The van der Waals surface area contributed by atoms with E-state index in [1.54, 1.807) is 0 Å². The highest BCUT2D eigenvalue weighted by molar-refractivity contribution is 10.2. The van der Waals surface area contributed by atoms with E-state index in [1.807, 2.05) is 0 Å². The van der Waals surface area contributed by atoms with E-state index in [1.165, 1.54) is 0 Å². The van der Waals surface area contributed by atoms with Gasteiger partial charge in [0.05, 0.1) is 0 Å². The zero-order valence-corrected chi connectivity index (χ0v) is 11.9. The van der Waals surface area contributed by atoms with Crippen molar-refractivity contribution in [2.75, 3.05) is 0 Å². The van der Waals surface area contributed by atoms with Crippen LogP contribution in [0, 0.1) is 0 Å². The van der Waals surface area contributed by atoms with E-state index in [0.717, 1.165) is 0 Å². The molecule has 0 unspecified atom stereocenters. The van der Waals surface area contributed by atoms with Crippen LogP contribution in [0.25, 0.3) is 0 Å². The summed E-state index contributed by atoms with van der Waals surface area (Å²) in [7, 11) is 4.27. The molecule has 0 N–H and O–H groups in total. The molecule has 0 saturated carbocycles. The zero-order valence-electron chi connectivity index (χ0n) is 8.63. The van der Waals surface area contributed by atoms with Gasteiger partial charge in [-0.3, -0.25) is 0 Å². The van der Waals surface area contributed by atoms with Crippen molar-refractivity contribution < 1.29 is 0 Å². The lowest BCUT2D eigenvalue weighted by molar-refractivity contribution is 0.799.